The van der Waals surface area contributed by atoms with Gasteiger partial charge in [-0.15, -0.1) is 0 Å². The molecule has 1 saturated heterocycles. The molecule has 2 atom stereocenters. The fourth-order valence-electron chi connectivity index (χ4n) is 1.87. The van der Waals surface area contributed by atoms with Crippen molar-refractivity contribution in [2.75, 3.05) is 13.1 Å². The van der Waals surface area contributed by atoms with Gasteiger partial charge < -0.3 is 10.3 Å². The first-order valence-electron chi connectivity index (χ1n) is 4.61. The maximum absolute atomic E-state index is 11.5. The van der Waals surface area contributed by atoms with Gasteiger partial charge >= 0.3 is 0 Å². The molecule has 14 heavy (non-hydrogen) atoms. The SMILES string of the molecule is N#C[C@@H]1CNC[C@H]1c1ccc[nH]c1=O. The third kappa shape index (κ3) is 1.42. The van der Waals surface area contributed by atoms with Crippen molar-refractivity contribution in [3.05, 3.63) is 34.2 Å². The summed E-state index contributed by atoms with van der Waals surface area (Å²) in [7, 11) is 0. The van der Waals surface area contributed by atoms with E-state index in [1.165, 1.54) is 0 Å². The van der Waals surface area contributed by atoms with Gasteiger partial charge in [-0.2, -0.15) is 5.26 Å². The van der Waals surface area contributed by atoms with Crippen LogP contribution in [0, 0.1) is 17.2 Å². The quantitative estimate of drug-likeness (QED) is 0.663. The number of aromatic amines is 1. The third-order valence-corrected chi connectivity index (χ3v) is 2.63. The van der Waals surface area contributed by atoms with Crippen LogP contribution in [0.25, 0.3) is 0 Å². The van der Waals surface area contributed by atoms with E-state index in [9.17, 15) is 4.79 Å². The lowest BCUT2D eigenvalue weighted by molar-refractivity contribution is 0.639. The minimum absolute atomic E-state index is 0.0324. The van der Waals surface area contributed by atoms with Crippen molar-refractivity contribution >= 4 is 0 Å². The molecule has 1 aromatic heterocycles. The molecular weight excluding hydrogens is 178 g/mol. The first-order chi connectivity index (χ1) is 6.83. The fraction of sp³-hybridized carbons (Fsp3) is 0.400. The van der Waals surface area contributed by atoms with Crippen molar-refractivity contribution < 1.29 is 0 Å². The molecule has 2 heterocycles. The van der Waals surface area contributed by atoms with Crippen molar-refractivity contribution in [2.24, 2.45) is 5.92 Å². The third-order valence-electron chi connectivity index (χ3n) is 2.63. The molecule has 4 nitrogen and oxygen atoms in total. The van der Waals surface area contributed by atoms with Crippen molar-refractivity contribution in [1.29, 1.82) is 5.26 Å². The Bertz CT molecular complexity index is 418. The van der Waals surface area contributed by atoms with Crippen LogP contribution in [0.15, 0.2) is 23.1 Å². The molecule has 0 bridgehead atoms. The second-order valence-electron chi connectivity index (χ2n) is 3.45. The van der Waals surface area contributed by atoms with Gasteiger partial charge in [-0.1, -0.05) is 6.07 Å². The summed E-state index contributed by atoms with van der Waals surface area (Å²) >= 11 is 0. The topological polar surface area (TPSA) is 68.7 Å². The average molecular weight is 189 g/mol. The largest absolute Gasteiger partial charge is 0.329 e. The van der Waals surface area contributed by atoms with Crippen LogP contribution in [-0.4, -0.2) is 18.1 Å². The van der Waals surface area contributed by atoms with Crippen LogP contribution in [0.1, 0.15) is 11.5 Å². The molecule has 1 fully saturated rings. The summed E-state index contributed by atoms with van der Waals surface area (Å²) < 4.78 is 0. The van der Waals surface area contributed by atoms with Gasteiger partial charge in [0.25, 0.3) is 5.56 Å². The Morgan fingerprint density at radius 3 is 3.07 bits per heavy atom. The van der Waals surface area contributed by atoms with Crippen LogP contribution >= 0.6 is 0 Å². The van der Waals surface area contributed by atoms with Crippen LogP contribution in [0.4, 0.5) is 0 Å². The molecule has 0 saturated carbocycles. The van der Waals surface area contributed by atoms with Crippen LogP contribution in [0.3, 0.4) is 0 Å². The fourth-order valence-corrected chi connectivity index (χ4v) is 1.87. The highest BCUT2D eigenvalue weighted by atomic mass is 16.1. The zero-order chi connectivity index (χ0) is 9.97. The van der Waals surface area contributed by atoms with E-state index in [1.807, 2.05) is 0 Å². The molecule has 4 heteroatoms. The predicted octanol–water partition coefficient (Wildman–Crippen LogP) is 0.201. The van der Waals surface area contributed by atoms with E-state index in [2.05, 4.69) is 16.4 Å². The van der Waals surface area contributed by atoms with Crippen LogP contribution in [-0.2, 0) is 0 Å². The molecule has 0 spiro atoms. The molecule has 1 aliphatic heterocycles. The van der Waals surface area contributed by atoms with E-state index in [0.717, 1.165) is 0 Å². The number of aromatic nitrogens is 1. The molecule has 0 amide bonds. The standard InChI is InChI=1S/C10H11N3O/c11-4-7-5-12-6-9(7)8-2-1-3-13-10(8)14/h1-3,7,9,12H,5-6H2,(H,13,14)/t7-,9-/m1/s1. The summed E-state index contributed by atoms with van der Waals surface area (Å²) in [5.74, 6) is -0.0524. The van der Waals surface area contributed by atoms with Gasteiger partial charge in [-0.25, -0.2) is 0 Å². The first kappa shape index (κ1) is 8.97. The number of hydrogen-bond donors (Lipinski definition) is 2. The van der Waals surface area contributed by atoms with Crippen molar-refractivity contribution in [3.8, 4) is 6.07 Å². The van der Waals surface area contributed by atoms with Crippen LogP contribution in [0.2, 0.25) is 0 Å². The first-order valence-corrected chi connectivity index (χ1v) is 4.61. The number of hydrogen-bond acceptors (Lipinski definition) is 3. The predicted molar refractivity (Wildman–Crippen MR) is 51.8 cm³/mol. The number of nitrogens with one attached hydrogen (secondary N) is 2. The molecule has 72 valence electrons. The Hall–Kier alpha value is -1.60. The Morgan fingerprint density at radius 1 is 1.50 bits per heavy atom. The Morgan fingerprint density at radius 2 is 2.36 bits per heavy atom. The van der Waals surface area contributed by atoms with E-state index < -0.39 is 0 Å². The van der Waals surface area contributed by atoms with Gasteiger partial charge in [0.15, 0.2) is 0 Å². The molecule has 0 aromatic carbocycles. The average Bonchev–Trinajstić information content (AvgIpc) is 2.66. The van der Waals surface area contributed by atoms with E-state index >= 15 is 0 Å². The lowest BCUT2D eigenvalue weighted by atomic mass is 9.91. The molecule has 1 aliphatic rings. The smallest absolute Gasteiger partial charge is 0.251 e. The van der Waals surface area contributed by atoms with Gasteiger partial charge in [0, 0.05) is 30.8 Å². The molecule has 0 aliphatic carbocycles. The molecule has 1 aromatic rings. The molecule has 0 radical (unpaired) electrons. The summed E-state index contributed by atoms with van der Waals surface area (Å²) in [6.45, 7) is 1.39. The molecule has 2 N–H and O–H groups in total. The van der Waals surface area contributed by atoms with E-state index in [-0.39, 0.29) is 17.4 Å². The molecular formula is C10H11N3O. The number of rotatable bonds is 1. The lowest BCUT2D eigenvalue weighted by Gasteiger charge is -2.10. The summed E-state index contributed by atoms with van der Waals surface area (Å²) in [5.41, 5.74) is 0.630. The van der Waals surface area contributed by atoms with Gasteiger partial charge in [0.2, 0.25) is 0 Å². The van der Waals surface area contributed by atoms with Crippen LogP contribution in [0.5, 0.6) is 0 Å². The Balaban J connectivity index is 2.36. The van der Waals surface area contributed by atoms with Gasteiger partial charge in [0.05, 0.1) is 12.0 Å². The summed E-state index contributed by atoms with van der Waals surface area (Å²) in [5, 5.41) is 12.0. The number of H-pyrrole nitrogens is 1. The van der Waals surface area contributed by atoms with Gasteiger partial charge in [0.1, 0.15) is 0 Å². The van der Waals surface area contributed by atoms with Crippen molar-refractivity contribution in [3.63, 3.8) is 0 Å². The van der Waals surface area contributed by atoms with Crippen molar-refractivity contribution in [1.82, 2.24) is 10.3 Å². The lowest BCUT2D eigenvalue weighted by Crippen LogP contribution is -2.20. The van der Waals surface area contributed by atoms with Gasteiger partial charge in [-0.05, 0) is 6.07 Å². The molecule has 2 rings (SSSR count). The zero-order valence-corrected chi connectivity index (χ0v) is 7.66. The van der Waals surface area contributed by atoms with Crippen LogP contribution < -0.4 is 10.9 Å². The Labute approximate surface area is 81.6 Å². The van der Waals surface area contributed by atoms with Gasteiger partial charge in [-0.3, -0.25) is 4.79 Å². The van der Waals surface area contributed by atoms with E-state index in [1.54, 1.807) is 18.3 Å². The second-order valence-corrected chi connectivity index (χ2v) is 3.45. The summed E-state index contributed by atoms with van der Waals surface area (Å²) in [6, 6.07) is 5.81. The normalized spacial score (nSPS) is 25.9. The summed E-state index contributed by atoms with van der Waals surface area (Å²) in [6.07, 6.45) is 1.61. The maximum Gasteiger partial charge on any atom is 0.251 e. The van der Waals surface area contributed by atoms with Crippen molar-refractivity contribution in [2.45, 2.75) is 5.92 Å². The van der Waals surface area contributed by atoms with E-state index in [4.69, 9.17) is 5.26 Å². The highest BCUT2D eigenvalue weighted by Gasteiger charge is 2.29. The number of nitriles is 1. The number of pyridine rings is 1. The number of nitrogens with zero attached hydrogens (tertiary/aromatic N) is 1. The zero-order valence-electron chi connectivity index (χ0n) is 7.66. The summed E-state index contributed by atoms with van der Waals surface area (Å²) in [4.78, 5) is 14.1. The second kappa shape index (κ2) is 3.64. The monoisotopic (exact) mass is 189 g/mol. The minimum atomic E-state index is -0.0847. The maximum atomic E-state index is 11.5. The molecule has 0 unspecified atom stereocenters. The highest BCUT2D eigenvalue weighted by molar-refractivity contribution is 5.21. The Kier molecular flexibility index (Phi) is 2.33. The minimum Gasteiger partial charge on any atom is -0.329 e. The highest BCUT2D eigenvalue weighted by Crippen LogP contribution is 2.24. The van der Waals surface area contributed by atoms with E-state index in [0.29, 0.717) is 18.7 Å².